The Hall–Kier alpha value is -1.39. The maximum absolute atomic E-state index is 14.6. The fourth-order valence-corrected chi connectivity index (χ4v) is 2.82. The number of halogens is 2. The highest BCUT2D eigenvalue weighted by atomic mass is 79.9. The molecule has 0 aliphatic carbocycles. The third-order valence-corrected chi connectivity index (χ3v) is 4.41. The van der Waals surface area contributed by atoms with E-state index in [-0.39, 0.29) is 17.6 Å². The van der Waals surface area contributed by atoms with E-state index in [0.29, 0.717) is 5.56 Å². The van der Waals surface area contributed by atoms with Gasteiger partial charge in [-0.2, -0.15) is 0 Å². The molecule has 1 unspecified atom stereocenters. The van der Waals surface area contributed by atoms with Crippen molar-refractivity contribution in [1.29, 1.82) is 0 Å². The Morgan fingerprint density at radius 2 is 1.86 bits per heavy atom. The minimum absolute atomic E-state index is 0.206. The van der Waals surface area contributed by atoms with Gasteiger partial charge >= 0.3 is 0 Å². The maximum Gasteiger partial charge on any atom is 0.170 e. The summed E-state index contributed by atoms with van der Waals surface area (Å²) in [6, 6.07) is 11.0. The average molecular weight is 352 g/mol. The molecular formula is C17H19BrFNO. The minimum atomic E-state index is -0.315. The second kappa shape index (κ2) is 7.05. The van der Waals surface area contributed by atoms with E-state index in [1.54, 1.807) is 12.1 Å². The average Bonchev–Trinajstić information content (AvgIpc) is 2.49. The molecule has 0 aromatic heterocycles. The van der Waals surface area contributed by atoms with E-state index < -0.39 is 0 Å². The summed E-state index contributed by atoms with van der Waals surface area (Å²) in [5, 5.41) is 3.36. The lowest BCUT2D eigenvalue weighted by atomic mass is 9.94. The molecule has 0 aliphatic rings. The van der Waals surface area contributed by atoms with Crippen molar-refractivity contribution in [2.75, 3.05) is 13.7 Å². The number of rotatable bonds is 5. The summed E-state index contributed by atoms with van der Waals surface area (Å²) in [7, 11) is 1.48. The van der Waals surface area contributed by atoms with Gasteiger partial charge < -0.3 is 10.1 Å². The summed E-state index contributed by atoms with van der Waals surface area (Å²) in [5.74, 6) is -0.0478. The van der Waals surface area contributed by atoms with Crippen LogP contribution in [0.1, 0.15) is 29.7 Å². The van der Waals surface area contributed by atoms with Gasteiger partial charge in [0.2, 0.25) is 0 Å². The van der Waals surface area contributed by atoms with Crippen LogP contribution in [0.2, 0.25) is 0 Å². The van der Waals surface area contributed by atoms with Gasteiger partial charge in [0.1, 0.15) is 0 Å². The molecule has 21 heavy (non-hydrogen) atoms. The molecular weight excluding hydrogens is 333 g/mol. The topological polar surface area (TPSA) is 21.3 Å². The molecule has 0 heterocycles. The van der Waals surface area contributed by atoms with E-state index in [9.17, 15) is 4.39 Å². The smallest absolute Gasteiger partial charge is 0.170 e. The maximum atomic E-state index is 14.6. The van der Waals surface area contributed by atoms with Crippen LogP contribution in [-0.2, 0) is 0 Å². The number of benzene rings is 2. The number of hydrogen-bond donors (Lipinski definition) is 1. The van der Waals surface area contributed by atoms with Crippen molar-refractivity contribution in [3.8, 4) is 5.75 Å². The Bertz CT molecular complexity index is 630. The van der Waals surface area contributed by atoms with E-state index >= 15 is 0 Å². The number of hydrogen-bond acceptors (Lipinski definition) is 2. The van der Waals surface area contributed by atoms with Gasteiger partial charge in [0.05, 0.1) is 13.2 Å². The molecule has 2 aromatic rings. The first-order valence-electron chi connectivity index (χ1n) is 6.91. The van der Waals surface area contributed by atoms with Gasteiger partial charge in [-0.25, -0.2) is 4.39 Å². The summed E-state index contributed by atoms with van der Waals surface area (Å²) in [6.07, 6.45) is 0. The molecule has 0 amide bonds. The zero-order valence-corrected chi connectivity index (χ0v) is 14.0. The van der Waals surface area contributed by atoms with Gasteiger partial charge in [-0.3, -0.25) is 0 Å². The van der Waals surface area contributed by atoms with Crippen molar-refractivity contribution in [2.45, 2.75) is 19.9 Å². The van der Waals surface area contributed by atoms with Crippen molar-refractivity contribution in [3.63, 3.8) is 0 Å². The van der Waals surface area contributed by atoms with E-state index in [4.69, 9.17) is 4.74 Å². The molecule has 0 saturated heterocycles. The lowest BCUT2D eigenvalue weighted by molar-refractivity contribution is 0.381. The molecule has 2 aromatic carbocycles. The van der Waals surface area contributed by atoms with Gasteiger partial charge in [-0.05, 0) is 36.7 Å². The van der Waals surface area contributed by atoms with Gasteiger partial charge in [0.15, 0.2) is 11.6 Å². The molecule has 2 nitrogen and oxygen atoms in total. The number of methoxy groups -OCH3 is 1. The van der Waals surface area contributed by atoms with Gasteiger partial charge in [-0.15, -0.1) is 0 Å². The molecule has 0 aliphatic heterocycles. The van der Waals surface area contributed by atoms with Crippen LogP contribution in [-0.4, -0.2) is 13.7 Å². The van der Waals surface area contributed by atoms with Crippen LogP contribution in [0, 0.1) is 12.7 Å². The Morgan fingerprint density at radius 3 is 2.52 bits per heavy atom. The van der Waals surface area contributed by atoms with E-state index in [0.717, 1.165) is 22.1 Å². The zero-order valence-electron chi connectivity index (χ0n) is 12.4. The predicted molar refractivity (Wildman–Crippen MR) is 87.4 cm³/mol. The molecule has 0 fully saturated rings. The molecule has 2 rings (SSSR count). The molecule has 0 bridgehead atoms. The van der Waals surface area contributed by atoms with Crippen molar-refractivity contribution in [1.82, 2.24) is 5.32 Å². The van der Waals surface area contributed by atoms with Crippen molar-refractivity contribution in [2.24, 2.45) is 0 Å². The second-order valence-corrected chi connectivity index (χ2v) is 5.66. The highest BCUT2D eigenvalue weighted by Gasteiger charge is 2.21. The Labute approximate surface area is 133 Å². The van der Waals surface area contributed by atoms with Gasteiger partial charge in [0, 0.05) is 10.0 Å². The molecule has 4 heteroatoms. The SMILES string of the molecule is CCNC(c1cccc(Br)c1C)c1cccc(OC)c1F. The lowest BCUT2D eigenvalue weighted by Crippen LogP contribution is -2.24. The Balaban J connectivity index is 2.56. The Morgan fingerprint density at radius 1 is 1.19 bits per heavy atom. The lowest BCUT2D eigenvalue weighted by Gasteiger charge is -2.22. The molecule has 0 radical (unpaired) electrons. The summed E-state index contributed by atoms with van der Waals surface area (Å²) < 4.78 is 20.7. The van der Waals surface area contributed by atoms with Crippen molar-refractivity contribution < 1.29 is 9.13 Å². The molecule has 0 spiro atoms. The zero-order chi connectivity index (χ0) is 15.4. The number of ether oxygens (including phenoxy) is 1. The highest BCUT2D eigenvalue weighted by Crippen LogP contribution is 2.32. The van der Waals surface area contributed by atoms with Crippen LogP contribution in [0.25, 0.3) is 0 Å². The van der Waals surface area contributed by atoms with Gasteiger partial charge in [-0.1, -0.05) is 47.1 Å². The van der Waals surface area contributed by atoms with Crippen LogP contribution in [0.4, 0.5) is 4.39 Å². The normalized spacial score (nSPS) is 12.2. The summed E-state index contributed by atoms with van der Waals surface area (Å²) >= 11 is 3.54. The van der Waals surface area contributed by atoms with E-state index in [1.807, 2.05) is 38.1 Å². The third-order valence-electron chi connectivity index (χ3n) is 3.55. The largest absolute Gasteiger partial charge is 0.494 e. The fraction of sp³-hybridized carbons (Fsp3) is 0.294. The summed E-state index contributed by atoms with van der Waals surface area (Å²) in [4.78, 5) is 0. The minimum Gasteiger partial charge on any atom is -0.494 e. The first kappa shape index (κ1) is 16.0. The first-order chi connectivity index (χ1) is 10.1. The van der Waals surface area contributed by atoms with Crippen LogP contribution in [0.3, 0.4) is 0 Å². The van der Waals surface area contributed by atoms with E-state index in [1.165, 1.54) is 7.11 Å². The van der Waals surface area contributed by atoms with Crippen LogP contribution >= 0.6 is 15.9 Å². The standard InChI is InChI=1S/C17H19BrFNO/c1-4-20-17(12-7-5-9-14(18)11(12)2)13-8-6-10-15(21-3)16(13)19/h5-10,17,20H,4H2,1-3H3. The number of nitrogens with one attached hydrogen (secondary N) is 1. The summed E-state index contributed by atoms with van der Waals surface area (Å²) in [5.41, 5.74) is 2.75. The van der Waals surface area contributed by atoms with Crippen LogP contribution in [0.15, 0.2) is 40.9 Å². The molecule has 1 atom stereocenters. The highest BCUT2D eigenvalue weighted by molar-refractivity contribution is 9.10. The molecule has 0 saturated carbocycles. The van der Waals surface area contributed by atoms with Crippen molar-refractivity contribution in [3.05, 3.63) is 63.4 Å². The monoisotopic (exact) mass is 351 g/mol. The molecule has 1 N–H and O–H groups in total. The first-order valence-corrected chi connectivity index (χ1v) is 7.70. The summed E-state index contributed by atoms with van der Waals surface area (Å²) in [6.45, 7) is 4.79. The van der Waals surface area contributed by atoms with Crippen LogP contribution < -0.4 is 10.1 Å². The molecule has 112 valence electrons. The van der Waals surface area contributed by atoms with E-state index in [2.05, 4.69) is 21.2 Å². The fourth-order valence-electron chi connectivity index (χ4n) is 2.44. The Kier molecular flexibility index (Phi) is 5.37. The predicted octanol–water partition coefficient (Wildman–Crippen LogP) is 4.60. The quantitative estimate of drug-likeness (QED) is 0.849. The van der Waals surface area contributed by atoms with Crippen LogP contribution in [0.5, 0.6) is 5.75 Å². The second-order valence-electron chi connectivity index (χ2n) is 4.81. The van der Waals surface area contributed by atoms with Gasteiger partial charge in [0.25, 0.3) is 0 Å². The van der Waals surface area contributed by atoms with Crippen molar-refractivity contribution >= 4 is 15.9 Å². The third kappa shape index (κ3) is 3.27.